The number of fused-ring (bicyclic) bond motifs is 1. The highest BCUT2D eigenvalue weighted by Crippen LogP contribution is 2.37. The number of hydrogen-bond donors (Lipinski definition) is 0. The second-order valence-corrected chi connectivity index (χ2v) is 9.21. The number of imide groups is 1. The van der Waals surface area contributed by atoms with Crippen molar-refractivity contribution in [2.45, 2.75) is 26.8 Å². The lowest BCUT2D eigenvalue weighted by Gasteiger charge is -2.12. The lowest BCUT2D eigenvalue weighted by Crippen LogP contribution is -2.27. The van der Waals surface area contributed by atoms with Gasteiger partial charge in [0.2, 0.25) is 0 Å². The van der Waals surface area contributed by atoms with Gasteiger partial charge in [0, 0.05) is 23.7 Å². The van der Waals surface area contributed by atoms with Crippen molar-refractivity contribution in [3.63, 3.8) is 0 Å². The molecule has 2 amide bonds. The third kappa shape index (κ3) is 4.00. The first-order valence-corrected chi connectivity index (χ1v) is 11.9. The molecule has 1 saturated heterocycles. The van der Waals surface area contributed by atoms with Gasteiger partial charge in [0.05, 0.1) is 16.1 Å². The third-order valence-corrected chi connectivity index (χ3v) is 6.83. The van der Waals surface area contributed by atoms with Crippen molar-refractivity contribution < 1.29 is 9.59 Å². The summed E-state index contributed by atoms with van der Waals surface area (Å²) in [4.78, 5) is 27.6. The molecule has 0 aliphatic carbocycles. The first-order valence-electron chi connectivity index (χ1n) is 11.0. The van der Waals surface area contributed by atoms with Crippen LogP contribution in [-0.4, -0.2) is 15.7 Å². The fraction of sp³-hybridized carbons (Fsp3) is 0.143. The molecule has 164 valence electrons. The molecule has 2 heterocycles. The summed E-state index contributed by atoms with van der Waals surface area (Å²) in [7, 11) is 0. The van der Waals surface area contributed by atoms with E-state index >= 15 is 0 Å². The number of anilines is 1. The molecular weight excluding hydrogens is 428 g/mol. The van der Waals surface area contributed by atoms with E-state index in [0.29, 0.717) is 10.6 Å². The lowest BCUT2D eigenvalue weighted by atomic mass is 10.1. The van der Waals surface area contributed by atoms with Gasteiger partial charge in [0.15, 0.2) is 0 Å². The molecule has 1 aliphatic heterocycles. The second kappa shape index (κ2) is 8.75. The molecule has 33 heavy (non-hydrogen) atoms. The van der Waals surface area contributed by atoms with Crippen molar-refractivity contribution in [3.8, 4) is 0 Å². The summed E-state index contributed by atoms with van der Waals surface area (Å²) in [6.07, 6.45) is 4.87. The van der Waals surface area contributed by atoms with E-state index in [9.17, 15) is 9.59 Å². The van der Waals surface area contributed by atoms with Gasteiger partial charge in [-0.15, -0.1) is 0 Å². The van der Waals surface area contributed by atoms with Crippen molar-refractivity contribution in [2.24, 2.45) is 0 Å². The Labute approximate surface area is 197 Å². The largest absolute Gasteiger partial charge is 0.342 e. The minimum atomic E-state index is -0.274. The Kier molecular flexibility index (Phi) is 5.65. The van der Waals surface area contributed by atoms with Gasteiger partial charge in [-0.1, -0.05) is 73.2 Å². The monoisotopic (exact) mass is 452 g/mol. The maximum absolute atomic E-state index is 13.2. The Morgan fingerprint density at radius 3 is 2.39 bits per heavy atom. The topological polar surface area (TPSA) is 42.3 Å². The van der Waals surface area contributed by atoms with Gasteiger partial charge in [-0.05, 0) is 54.4 Å². The Morgan fingerprint density at radius 1 is 0.909 bits per heavy atom. The van der Waals surface area contributed by atoms with E-state index < -0.39 is 0 Å². The van der Waals surface area contributed by atoms with Crippen molar-refractivity contribution in [1.82, 2.24) is 4.57 Å². The van der Waals surface area contributed by atoms with Gasteiger partial charge in [0.1, 0.15) is 0 Å². The minimum Gasteiger partial charge on any atom is -0.342 e. The number of para-hydroxylation sites is 1. The van der Waals surface area contributed by atoms with Crippen LogP contribution in [0.1, 0.15) is 29.2 Å². The van der Waals surface area contributed by atoms with E-state index in [1.165, 1.54) is 21.5 Å². The van der Waals surface area contributed by atoms with Crippen LogP contribution in [0.2, 0.25) is 0 Å². The molecule has 3 aromatic carbocycles. The Hall–Kier alpha value is -3.57. The molecule has 0 N–H and O–H groups in total. The van der Waals surface area contributed by atoms with Crippen LogP contribution in [0.3, 0.4) is 0 Å². The molecule has 1 aromatic heterocycles. The van der Waals surface area contributed by atoms with Gasteiger partial charge < -0.3 is 4.57 Å². The van der Waals surface area contributed by atoms with Crippen LogP contribution in [0.25, 0.3) is 17.0 Å². The molecule has 5 rings (SSSR count). The first-order chi connectivity index (χ1) is 16.0. The number of thioether (sulfide) groups is 1. The van der Waals surface area contributed by atoms with E-state index in [0.717, 1.165) is 41.2 Å². The number of carbonyl (C=O) groups excluding carboxylic acids is 2. The van der Waals surface area contributed by atoms with Gasteiger partial charge in [-0.2, -0.15) is 0 Å². The molecule has 4 aromatic rings. The fourth-order valence-corrected chi connectivity index (χ4v) is 5.13. The van der Waals surface area contributed by atoms with Crippen molar-refractivity contribution in [3.05, 3.63) is 106 Å². The molecule has 0 bridgehead atoms. The number of aromatic nitrogens is 1. The standard InChI is InChI=1S/C28H24N2O2S/c1-3-21-10-7-11-24-22(18-29(26(21)24)17-20-8-5-4-6-9-20)16-25-27(31)30(28(32)33-25)23-14-12-19(2)13-15-23/h4-16,18H,3,17H2,1-2H3/b25-16-. The van der Waals surface area contributed by atoms with Crippen LogP contribution >= 0.6 is 11.8 Å². The molecule has 4 nitrogen and oxygen atoms in total. The SMILES string of the molecule is CCc1cccc2c(/C=C3\SC(=O)N(c4ccc(C)cc4)C3=O)cn(Cc3ccccc3)c12. The van der Waals surface area contributed by atoms with Crippen LogP contribution in [0.4, 0.5) is 10.5 Å². The Balaban J connectivity index is 1.57. The molecular formula is C28H24N2O2S. The van der Waals surface area contributed by atoms with Crippen molar-refractivity contribution >= 4 is 45.6 Å². The summed E-state index contributed by atoms with van der Waals surface area (Å²) < 4.78 is 2.25. The number of carbonyl (C=O) groups is 2. The van der Waals surface area contributed by atoms with Crippen molar-refractivity contribution in [2.75, 3.05) is 4.90 Å². The Bertz CT molecular complexity index is 1380. The quantitative estimate of drug-likeness (QED) is 0.313. The molecule has 0 radical (unpaired) electrons. The van der Waals surface area contributed by atoms with Crippen LogP contribution < -0.4 is 4.90 Å². The molecule has 0 saturated carbocycles. The van der Waals surface area contributed by atoms with Gasteiger partial charge in [0.25, 0.3) is 11.1 Å². The van der Waals surface area contributed by atoms with E-state index in [1.807, 2.05) is 55.5 Å². The van der Waals surface area contributed by atoms with Gasteiger partial charge in [-0.3, -0.25) is 9.59 Å². The lowest BCUT2D eigenvalue weighted by molar-refractivity contribution is -0.113. The smallest absolute Gasteiger partial charge is 0.298 e. The van der Waals surface area contributed by atoms with Crippen LogP contribution in [0.5, 0.6) is 0 Å². The Morgan fingerprint density at radius 2 is 1.67 bits per heavy atom. The summed E-state index contributed by atoms with van der Waals surface area (Å²) in [5.41, 5.74) is 6.28. The predicted octanol–water partition coefficient (Wildman–Crippen LogP) is 6.80. The molecule has 0 atom stereocenters. The van der Waals surface area contributed by atoms with Gasteiger partial charge in [-0.25, -0.2) is 4.90 Å². The fourth-order valence-electron chi connectivity index (χ4n) is 4.30. The molecule has 0 spiro atoms. The zero-order chi connectivity index (χ0) is 22.9. The maximum atomic E-state index is 13.2. The zero-order valence-electron chi connectivity index (χ0n) is 18.6. The maximum Gasteiger partial charge on any atom is 0.298 e. The number of amides is 2. The summed E-state index contributed by atoms with van der Waals surface area (Å²) in [6.45, 7) is 4.88. The number of benzene rings is 3. The first kappa shape index (κ1) is 21.3. The summed E-state index contributed by atoms with van der Waals surface area (Å²) in [5.74, 6) is -0.274. The number of hydrogen-bond acceptors (Lipinski definition) is 3. The molecule has 0 unspecified atom stereocenters. The summed E-state index contributed by atoms with van der Waals surface area (Å²) in [6, 6.07) is 24.1. The van der Waals surface area contributed by atoms with Crippen LogP contribution in [-0.2, 0) is 17.8 Å². The number of rotatable bonds is 5. The van der Waals surface area contributed by atoms with Crippen LogP contribution in [0.15, 0.2) is 83.9 Å². The highest BCUT2D eigenvalue weighted by Gasteiger charge is 2.36. The van der Waals surface area contributed by atoms with Crippen LogP contribution in [0, 0.1) is 6.92 Å². The average Bonchev–Trinajstić information content (AvgIpc) is 3.31. The van der Waals surface area contributed by atoms with E-state index in [1.54, 1.807) is 0 Å². The highest BCUT2D eigenvalue weighted by atomic mass is 32.2. The van der Waals surface area contributed by atoms with E-state index in [-0.39, 0.29) is 11.1 Å². The third-order valence-electron chi connectivity index (χ3n) is 5.96. The van der Waals surface area contributed by atoms with E-state index in [4.69, 9.17) is 0 Å². The zero-order valence-corrected chi connectivity index (χ0v) is 19.4. The molecule has 5 heteroatoms. The number of aryl methyl sites for hydroxylation is 2. The van der Waals surface area contributed by atoms with Crippen molar-refractivity contribution in [1.29, 1.82) is 0 Å². The highest BCUT2D eigenvalue weighted by molar-refractivity contribution is 8.19. The summed E-state index contributed by atoms with van der Waals surface area (Å²) in [5, 5.41) is 0.824. The second-order valence-electron chi connectivity index (χ2n) is 8.22. The van der Waals surface area contributed by atoms with Gasteiger partial charge >= 0.3 is 0 Å². The average molecular weight is 453 g/mol. The summed E-state index contributed by atoms with van der Waals surface area (Å²) >= 11 is 0.997. The molecule has 1 fully saturated rings. The number of nitrogens with zero attached hydrogens (tertiary/aromatic N) is 2. The minimum absolute atomic E-state index is 0.266. The normalized spacial score (nSPS) is 15.2. The van der Waals surface area contributed by atoms with E-state index in [2.05, 4.69) is 48.0 Å². The predicted molar refractivity (Wildman–Crippen MR) is 136 cm³/mol. The molecule has 1 aliphatic rings.